The normalized spacial score (nSPS) is 11.3. The van der Waals surface area contributed by atoms with E-state index >= 15 is 0 Å². The predicted molar refractivity (Wildman–Crippen MR) is 218 cm³/mol. The fraction of sp³-hybridized carbons (Fsp3) is 0.312. The molecule has 0 aliphatic carbocycles. The summed E-state index contributed by atoms with van der Waals surface area (Å²) in [5, 5.41) is 2.07. The molecule has 275 valence electrons. The Kier molecular flexibility index (Phi) is 12.9. The van der Waals surface area contributed by atoms with Crippen molar-refractivity contribution in [3.05, 3.63) is 136 Å². The van der Waals surface area contributed by atoms with Crippen LogP contribution in [0.25, 0.3) is 55.8 Å². The molecule has 5 heteroatoms. The molecule has 3 aromatic carbocycles. The first kappa shape index (κ1) is 39.8. The Morgan fingerprint density at radius 1 is 0.660 bits per heavy atom. The number of furan rings is 1. The summed E-state index contributed by atoms with van der Waals surface area (Å²) >= 11 is 0. The Morgan fingerprint density at radius 3 is 1.96 bits per heavy atom. The zero-order valence-corrected chi connectivity index (χ0v) is 35.2. The van der Waals surface area contributed by atoms with Gasteiger partial charge in [0.15, 0.2) is 0 Å². The summed E-state index contributed by atoms with van der Waals surface area (Å²) < 4.78 is 6.50. The van der Waals surface area contributed by atoms with E-state index in [1.165, 1.54) is 44.5 Å². The maximum Gasteiger partial charge on any atom is 0.216 e. The van der Waals surface area contributed by atoms with Gasteiger partial charge in [0.05, 0.1) is 11.3 Å². The van der Waals surface area contributed by atoms with Crippen LogP contribution < -0.4 is 0 Å². The van der Waals surface area contributed by atoms with Crippen molar-refractivity contribution in [1.82, 2.24) is 15.0 Å². The molecular formula is C48H51IrN3O-2. The van der Waals surface area contributed by atoms with Crippen LogP contribution in [-0.2, 0) is 20.1 Å². The van der Waals surface area contributed by atoms with Crippen molar-refractivity contribution >= 4 is 22.1 Å². The fourth-order valence-corrected chi connectivity index (χ4v) is 7.08. The molecule has 0 N–H and O–H groups in total. The van der Waals surface area contributed by atoms with Crippen LogP contribution >= 0.6 is 0 Å². The van der Waals surface area contributed by atoms with Crippen LogP contribution in [0.4, 0.5) is 0 Å². The molecule has 4 nitrogen and oxygen atoms in total. The molecule has 0 atom stereocenters. The summed E-state index contributed by atoms with van der Waals surface area (Å²) in [5.74, 6) is 1.33. The zero-order valence-electron chi connectivity index (χ0n) is 32.8. The van der Waals surface area contributed by atoms with Crippen LogP contribution in [0.3, 0.4) is 0 Å². The van der Waals surface area contributed by atoms with Gasteiger partial charge >= 0.3 is 0 Å². The Hall–Kier alpha value is -4.44. The number of aromatic nitrogens is 3. The SMILES string of the molecule is CCC(CC)c1cc(-c2[c-]ccc3c2oc2nc(-c4c(C(C)C)cccc4C(C)C)ccc23)ncc1C.Cc1c[c-]c(-c2cc(C)c(C)cn2)cc1.[Ir]. The zero-order chi connectivity index (χ0) is 37.1. The monoisotopic (exact) mass is 878 g/mol. The average Bonchev–Trinajstić information content (AvgIpc) is 3.52. The molecule has 1 radical (unpaired) electrons. The maximum absolute atomic E-state index is 6.50. The third kappa shape index (κ3) is 8.38. The van der Waals surface area contributed by atoms with Crippen molar-refractivity contribution in [3.63, 3.8) is 0 Å². The van der Waals surface area contributed by atoms with Gasteiger partial charge in [-0.3, -0.25) is 0 Å². The largest absolute Gasteiger partial charge is 0.486 e. The quantitative estimate of drug-likeness (QED) is 0.143. The first-order chi connectivity index (χ1) is 25.0. The number of fused-ring (bicyclic) bond motifs is 3. The first-order valence-electron chi connectivity index (χ1n) is 18.8. The smallest absolute Gasteiger partial charge is 0.216 e. The Labute approximate surface area is 329 Å². The second-order valence-corrected chi connectivity index (χ2v) is 14.7. The third-order valence-corrected chi connectivity index (χ3v) is 10.4. The number of pyridine rings is 3. The van der Waals surface area contributed by atoms with Crippen molar-refractivity contribution in [3.8, 4) is 33.8 Å². The van der Waals surface area contributed by atoms with E-state index in [-0.39, 0.29) is 20.1 Å². The Morgan fingerprint density at radius 2 is 1.34 bits per heavy atom. The van der Waals surface area contributed by atoms with Gasteiger partial charge in [0, 0.05) is 43.4 Å². The molecule has 0 aliphatic rings. The standard InChI is InChI=1S/C34H37N2O.C14H14N.Ir/c1-8-23(9-2)29-18-31(35-19-22(29)7)28-15-11-14-26-27-16-17-30(36-34(27)37-33(26)28)32-24(20(3)4)12-10-13-25(32)21(5)6;1-10-4-6-13(7-5-10)14-8-11(2)12(3)9-15-14;/h10-14,16-21,23H,8-9H2,1-7H3;4-6,8-9H,1-3H3;/q2*-1;. The Balaban J connectivity index is 0.000000283. The van der Waals surface area contributed by atoms with Crippen molar-refractivity contribution in [2.75, 3.05) is 0 Å². The van der Waals surface area contributed by atoms with E-state index in [4.69, 9.17) is 14.4 Å². The van der Waals surface area contributed by atoms with E-state index in [1.54, 1.807) is 0 Å². The summed E-state index contributed by atoms with van der Waals surface area (Å²) in [5.41, 5.74) is 16.5. The minimum Gasteiger partial charge on any atom is -0.486 e. The molecule has 0 bridgehead atoms. The molecule has 7 rings (SSSR count). The van der Waals surface area contributed by atoms with Crippen molar-refractivity contribution in [2.24, 2.45) is 0 Å². The van der Waals surface area contributed by atoms with Gasteiger partial charge < -0.3 is 14.4 Å². The van der Waals surface area contributed by atoms with Gasteiger partial charge in [0.2, 0.25) is 5.71 Å². The van der Waals surface area contributed by atoms with E-state index in [9.17, 15) is 0 Å². The molecular weight excluding hydrogens is 827 g/mol. The Bertz CT molecular complexity index is 2300. The molecule has 4 heterocycles. The van der Waals surface area contributed by atoms with E-state index < -0.39 is 0 Å². The summed E-state index contributed by atoms with van der Waals surface area (Å²) in [4.78, 5) is 14.3. The van der Waals surface area contributed by atoms with E-state index in [1.807, 2.05) is 24.5 Å². The summed E-state index contributed by atoms with van der Waals surface area (Å²) in [7, 11) is 0. The third-order valence-electron chi connectivity index (χ3n) is 10.4. The van der Waals surface area contributed by atoms with Gasteiger partial charge in [-0.1, -0.05) is 95.3 Å². The van der Waals surface area contributed by atoms with Crippen molar-refractivity contribution in [2.45, 2.75) is 99.8 Å². The second-order valence-electron chi connectivity index (χ2n) is 14.7. The van der Waals surface area contributed by atoms with Gasteiger partial charge in [-0.25, -0.2) is 4.98 Å². The molecule has 7 aromatic rings. The van der Waals surface area contributed by atoms with Gasteiger partial charge in [-0.05, 0) is 103 Å². The van der Waals surface area contributed by atoms with Gasteiger partial charge in [-0.15, -0.1) is 53.6 Å². The van der Waals surface area contributed by atoms with Gasteiger partial charge in [0.1, 0.15) is 0 Å². The minimum absolute atomic E-state index is 0. The molecule has 0 spiro atoms. The molecule has 53 heavy (non-hydrogen) atoms. The van der Waals surface area contributed by atoms with Crippen molar-refractivity contribution < 1.29 is 24.5 Å². The summed E-state index contributed by atoms with van der Waals surface area (Å²) in [6, 6.07) is 32.1. The second kappa shape index (κ2) is 17.1. The molecule has 0 amide bonds. The molecule has 4 aromatic heterocycles. The average molecular weight is 878 g/mol. The molecule has 0 unspecified atom stereocenters. The number of nitrogens with zero attached hydrogens (tertiary/aromatic N) is 3. The van der Waals surface area contributed by atoms with Crippen LogP contribution in [0.1, 0.15) is 111 Å². The maximum atomic E-state index is 6.50. The first-order valence-corrected chi connectivity index (χ1v) is 18.8. The minimum atomic E-state index is 0. The molecule has 0 saturated carbocycles. The van der Waals surface area contributed by atoms with E-state index in [0.29, 0.717) is 23.5 Å². The summed E-state index contributed by atoms with van der Waals surface area (Å²) in [6.07, 6.45) is 6.13. The molecule has 0 aliphatic heterocycles. The summed E-state index contributed by atoms with van der Waals surface area (Å²) in [6.45, 7) is 21.9. The van der Waals surface area contributed by atoms with Crippen LogP contribution in [0.5, 0.6) is 0 Å². The van der Waals surface area contributed by atoms with E-state index in [2.05, 4.69) is 147 Å². The van der Waals surface area contributed by atoms with E-state index in [0.717, 1.165) is 57.4 Å². The van der Waals surface area contributed by atoms with Crippen LogP contribution in [-0.4, -0.2) is 15.0 Å². The van der Waals surface area contributed by atoms with Gasteiger partial charge in [0.25, 0.3) is 0 Å². The van der Waals surface area contributed by atoms with Gasteiger partial charge in [-0.2, -0.15) is 0 Å². The van der Waals surface area contributed by atoms with Crippen LogP contribution in [0, 0.1) is 39.8 Å². The number of benzene rings is 3. The number of rotatable bonds is 8. The number of hydrogen-bond acceptors (Lipinski definition) is 4. The molecule has 0 saturated heterocycles. The topological polar surface area (TPSA) is 51.8 Å². The van der Waals surface area contributed by atoms with Crippen molar-refractivity contribution in [1.29, 1.82) is 0 Å². The predicted octanol–water partition coefficient (Wildman–Crippen LogP) is 13.4. The number of hydrogen-bond donors (Lipinski definition) is 0. The molecule has 0 fully saturated rings. The van der Waals surface area contributed by atoms with Crippen LogP contribution in [0.15, 0.2) is 89.6 Å². The van der Waals surface area contributed by atoms with Crippen LogP contribution in [0.2, 0.25) is 0 Å². The fourth-order valence-electron chi connectivity index (χ4n) is 7.08. The number of aryl methyl sites for hydroxylation is 4.